The fourth-order valence-electron chi connectivity index (χ4n) is 2.33. The molecule has 3 aromatic rings. The third kappa shape index (κ3) is 2.88. The average Bonchev–Trinajstić information content (AvgIpc) is 2.57. The van der Waals surface area contributed by atoms with E-state index in [1.54, 1.807) is 0 Å². The molecule has 2 aromatic carbocycles. The number of fused-ring (bicyclic) bond motifs is 1. The summed E-state index contributed by atoms with van der Waals surface area (Å²) in [5.74, 6) is -1.60. The summed E-state index contributed by atoms with van der Waals surface area (Å²) in [6.07, 6.45) is 1.17. The molecule has 0 radical (unpaired) electrons. The Kier molecular flexibility index (Phi) is 4.07. The van der Waals surface area contributed by atoms with Crippen LogP contribution in [0.25, 0.3) is 10.9 Å². The van der Waals surface area contributed by atoms with Crippen LogP contribution in [-0.4, -0.2) is 22.4 Å². The molecule has 0 fully saturated rings. The number of ketones is 1. The highest BCUT2D eigenvalue weighted by Gasteiger charge is 2.13. The number of nitrogens with zero attached hydrogens (tertiary/aromatic N) is 2. The van der Waals surface area contributed by atoms with E-state index in [9.17, 15) is 18.4 Å². The molecule has 0 amide bonds. The van der Waals surface area contributed by atoms with Gasteiger partial charge in [-0.3, -0.25) is 14.2 Å². The SMILES string of the molecule is COc1ccc(C(=O)Cn2cnc3cc(F)ccc3c2=O)cc1F. The second-order valence-corrected chi connectivity index (χ2v) is 5.11. The Morgan fingerprint density at radius 1 is 1.21 bits per heavy atom. The maximum atomic E-state index is 13.7. The molecule has 122 valence electrons. The number of halogens is 2. The molecular formula is C17H12F2N2O3. The highest BCUT2D eigenvalue weighted by molar-refractivity contribution is 5.96. The highest BCUT2D eigenvalue weighted by Crippen LogP contribution is 2.18. The second-order valence-electron chi connectivity index (χ2n) is 5.11. The Labute approximate surface area is 135 Å². The van der Waals surface area contributed by atoms with Crippen LogP contribution in [0, 0.1) is 11.6 Å². The van der Waals surface area contributed by atoms with Crippen molar-refractivity contribution in [1.82, 2.24) is 9.55 Å². The molecule has 1 heterocycles. The first-order valence-corrected chi connectivity index (χ1v) is 7.01. The normalized spacial score (nSPS) is 10.8. The van der Waals surface area contributed by atoms with Crippen LogP contribution < -0.4 is 10.3 Å². The lowest BCUT2D eigenvalue weighted by atomic mass is 10.1. The van der Waals surface area contributed by atoms with Gasteiger partial charge in [0.15, 0.2) is 17.3 Å². The first-order chi connectivity index (χ1) is 11.5. The van der Waals surface area contributed by atoms with E-state index in [4.69, 9.17) is 4.74 Å². The molecule has 0 aliphatic heterocycles. The van der Waals surface area contributed by atoms with Gasteiger partial charge >= 0.3 is 0 Å². The number of aromatic nitrogens is 2. The number of hydrogen-bond acceptors (Lipinski definition) is 4. The zero-order valence-electron chi connectivity index (χ0n) is 12.6. The Morgan fingerprint density at radius 2 is 2.00 bits per heavy atom. The van der Waals surface area contributed by atoms with Crippen LogP contribution in [0.4, 0.5) is 8.78 Å². The maximum absolute atomic E-state index is 13.7. The Balaban J connectivity index is 1.93. The topological polar surface area (TPSA) is 61.2 Å². The number of hydrogen-bond donors (Lipinski definition) is 0. The molecule has 24 heavy (non-hydrogen) atoms. The van der Waals surface area contributed by atoms with Crippen molar-refractivity contribution >= 4 is 16.7 Å². The molecule has 3 rings (SSSR count). The van der Waals surface area contributed by atoms with Gasteiger partial charge in [0, 0.05) is 11.6 Å². The largest absolute Gasteiger partial charge is 0.494 e. The van der Waals surface area contributed by atoms with Crippen molar-refractivity contribution in [2.45, 2.75) is 6.54 Å². The number of carbonyl (C=O) groups is 1. The van der Waals surface area contributed by atoms with Crippen molar-refractivity contribution in [3.05, 3.63) is 70.3 Å². The number of methoxy groups -OCH3 is 1. The van der Waals surface area contributed by atoms with Crippen LogP contribution in [0.15, 0.2) is 47.5 Å². The van der Waals surface area contributed by atoms with Gasteiger partial charge in [0.25, 0.3) is 5.56 Å². The quantitative estimate of drug-likeness (QED) is 0.690. The third-order valence-electron chi connectivity index (χ3n) is 3.57. The van der Waals surface area contributed by atoms with E-state index in [0.29, 0.717) is 0 Å². The van der Waals surface area contributed by atoms with Gasteiger partial charge in [-0.1, -0.05) is 0 Å². The summed E-state index contributed by atoms with van der Waals surface area (Å²) in [4.78, 5) is 28.6. The molecule has 1 aromatic heterocycles. The third-order valence-corrected chi connectivity index (χ3v) is 3.57. The summed E-state index contributed by atoms with van der Waals surface area (Å²) in [6.45, 7) is -0.301. The van der Waals surface area contributed by atoms with Crippen LogP contribution in [0.1, 0.15) is 10.4 Å². The van der Waals surface area contributed by atoms with Gasteiger partial charge in [-0.25, -0.2) is 13.8 Å². The van der Waals surface area contributed by atoms with E-state index in [0.717, 1.165) is 22.8 Å². The molecule has 0 spiro atoms. The van der Waals surface area contributed by atoms with Crippen molar-refractivity contribution in [3.63, 3.8) is 0 Å². The van der Waals surface area contributed by atoms with Gasteiger partial charge in [-0.05, 0) is 30.3 Å². The van der Waals surface area contributed by atoms with Crippen molar-refractivity contribution in [2.24, 2.45) is 0 Å². The molecule has 0 aliphatic carbocycles. The zero-order valence-corrected chi connectivity index (χ0v) is 12.6. The number of rotatable bonds is 4. The molecule has 0 aliphatic rings. The fourth-order valence-corrected chi connectivity index (χ4v) is 2.33. The van der Waals surface area contributed by atoms with Crippen LogP contribution in [0.5, 0.6) is 5.75 Å². The molecule has 7 heteroatoms. The van der Waals surface area contributed by atoms with E-state index in [-0.39, 0.29) is 28.8 Å². The molecule has 0 unspecified atom stereocenters. The zero-order chi connectivity index (χ0) is 17.3. The lowest BCUT2D eigenvalue weighted by Crippen LogP contribution is -2.24. The molecule has 0 atom stereocenters. The van der Waals surface area contributed by atoms with Crippen molar-refractivity contribution < 1.29 is 18.3 Å². The van der Waals surface area contributed by atoms with Crippen LogP contribution in [0.3, 0.4) is 0 Å². The molecule has 0 saturated carbocycles. The standard InChI is InChI=1S/C17H12F2N2O3/c1-24-16-5-2-10(6-13(16)19)15(22)8-21-9-20-14-7-11(18)3-4-12(14)17(21)23/h2-7,9H,8H2,1H3. The molecule has 0 bridgehead atoms. The monoisotopic (exact) mass is 330 g/mol. The minimum atomic E-state index is -0.664. The maximum Gasteiger partial charge on any atom is 0.261 e. The van der Waals surface area contributed by atoms with Crippen LogP contribution in [-0.2, 0) is 6.54 Å². The Bertz CT molecular complexity index is 999. The lowest BCUT2D eigenvalue weighted by Gasteiger charge is -2.07. The van der Waals surface area contributed by atoms with E-state index < -0.39 is 23.0 Å². The predicted molar refractivity (Wildman–Crippen MR) is 83.2 cm³/mol. The van der Waals surface area contributed by atoms with Crippen molar-refractivity contribution in [1.29, 1.82) is 0 Å². The number of benzene rings is 2. The first-order valence-electron chi connectivity index (χ1n) is 7.01. The van der Waals surface area contributed by atoms with Gasteiger partial charge in [-0.2, -0.15) is 0 Å². The second kappa shape index (κ2) is 6.19. The number of carbonyl (C=O) groups excluding carboxylic acids is 1. The van der Waals surface area contributed by atoms with E-state index in [1.807, 2.05) is 0 Å². The van der Waals surface area contributed by atoms with Gasteiger partial charge in [0.1, 0.15) is 5.82 Å². The fraction of sp³-hybridized carbons (Fsp3) is 0.118. The number of ether oxygens (including phenoxy) is 1. The minimum absolute atomic E-state index is 0.0260. The van der Waals surface area contributed by atoms with Crippen LogP contribution >= 0.6 is 0 Å². The minimum Gasteiger partial charge on any atom is -0.494 e. The highest BCUT2D eigenvalue weighted by atomic mass is 19.1. The van der Waals surface area contributed by atoms with E-state index >= 15 is 0 Å². The van der Waals surface area contributed by atoms with Gasteiger partial charge in [0.05, 0.1) is 30.9 Å². The van der Waals surface area contributed by atoms with E-state index in [2.05, 4.69) is 4.98 Å². The molecule has 5 nitrogen and oxygen atoms in total. The molecule has 0 N–H and O–H groups in total. The summed E-state index contributed by atoms with van der Waals surface area (Å²) < 4.78 is 32.7. The smallest absolute Gasteiger partial charge is 0.261 e. The Hall–Kier alpha value is -3.09. The summed E-state index contributed by atoms with van der Waals surface area (Å²) in [5, 5.41) is 0.201. The summed E-state index contributed by atoms with van der Waals surface area (Å²) in [5.41, 5.74) is -0.152. The summed E-state index contributed by atoms with van der Waals surface area (Å²) in [6, 6.07) is 7.41. The average molecular weight is 330 g/mol. The van der Waals surface area contributed by atoms with Crippen molar-refractivity contribution in [3.8, 4) is 5.75 Å². The van der Waals surface area contributed by atoms with Gasteiger partial charge in [0.2, 0.25) is 0 Å². The molecular weight excluding hydrogens is 318 g/mol. The summed E-state index contributed by atoms with van der Waals surface area (Å²) in [7, 11) is 1.32. The van der Waals surface area contributed by atoms with Crippen molar-refractivity contribution in [2.75, 3.05) is 7.11 Å². The van der Waals surface area contributed by atoms with Gasteiger partial charge in [-0.15, -0.1) is 0 Å². The summed E-state index contributed by atoms with van der Waals surface area (Å²) >= 11 is 0. The number of Topliss-reactive ketones (excluding diaryl/α,β-unsaturated/α-hetero) is 1. The molecule has 0 saturated heterocycles. The van der Waals surface area contributed by atoms with E-state index in [1.165, 1.54) is 31.6 Å². The predicted octanol–water partition coefficient (Wildman–Crippen LogP) is 2.57. The first kappa shape index (κ1) is 15.8. The van der Waals surface area contributed by atoms with Gasteiger partial charge < -0.3 is 4.74 Å². The lowest BCUT2D eigenvalue weighted by molar-refractivity contribution is 0.0970. The Morgan fingerprint density at radius 3 is 2.71 bits per heavy atom. The van der Waals surface area contributed by atoms with Crippen LogP contribution in [0.2, 0.25) is 0 Å².